The Labute approximate surface area is 111 Å². The summed E-state index contributed by atoms with van der Waals surface area (Å²) >= 11 is 3.41. The third kappa shape index (κ3) is 4.04. The first-order chi connectivity index (χ1) is 8.08. The summed E-state index contributed by atoms with van der Waals surface area (Å²) in [5.74, 6) is 0.134. The van der Waals surface area contributed by atoms with Crippen molar-refractivity contribution < 1.29 is 4.79 Å². The second-order valence-corrected chi connectivity index (χ2v) is 4.80. The van der Waals surface area contributed by atoms with Crippen LogP contribution >= 0.6 is 15.9 Å². The van der Waals surface area contributed by atoms with E-state index in [1.807, 2.05) is 49.9 Å². The number of hydrogen-bond donors (Lipinski definition) is 1. The van der Waals surface area contributed by atoms with Crippen LogP contribution in [-0.4, -0.2) is 29.9 Å². The van der Waals surface area contributed by atoms with E-state index in [1.165, 1.54) is 0 Å². The van der Waals surface area contributed by atoms with Gasteiger partial charge in [-0.25, -0.2) is 0 Å². The molecule has 0 bridgehead atoms. The Balaban J connectivity index is 2.65. The van der Waals surface area contributed by atoms with E-state index in [0.29, 0.717) is 0 Å². The van der Waals surface area contributed by atoms with Crippen molar-refractivity contribution in [3.63, 3.8) is 0 Å². The molecule has 0 heterocycles. The number of rotatable bonds is 5. The fourth-order valence-electron chi connectivity index (χ4n) is 1.70. The molecule has 1 rings (SSSR count). The van der Waals surface area contributed by atoms with E-state index in [-0.39, 0.29) is 11.9 Å². The second-order valence-electron chi connectivity index (χ2n) is 3.89. The van der Waals surface area contributed by atoms with Gasteiger partial charge in [-0.15, -0.1) is 0 Å². The number of benzene rings is 1. The summed E-state index contributed by atoms with van der Waals surface area (Å²) < 4.78 is 1.00. The van der Waals surface area contributed by atoms with Crippen LogP contribution in [-0.2, 0) is 4.79 Å². The normalized spacial score (nSPS) is 12.0. The topological polar surface area (TPSA) is 32.3 Å². The number of amides is 1. The lowest BCUT2D eigenvalue weighted by Gasteiger charge is -2.24. The largest absolute Gasteiger partial charge is 0.374 e. The first kappa shape index (κ1) is 14.0. The van der Waals surface area contributed by atoms with Crippen molar-refractivity contribution in [2.75, 3.05) is 18.4 Å². The predicted octanol–water partition coefficient (Wildman–Crippen LogP) is 3.12. The lowest BCUT2D eigenvalue weighted by Crippen LogP contribution is -2.41. The lowest BCUT2D eigenvalue weighted by molar-refractivity contribution is -0.131. The molecule has 1 amide bonds. The van der Waals surface area contributed by atoms with Gasteiger partial charge in [-0.1, -0.05) is 22.0 Å². The third-order valence-electron chi connectivity index (χ3n) is 2.65. The van der Waals surface area contributed by atoms with E-state index in [2.05, 4.69) is 21.2 Å². The van der Waals surface area contributed by atoms with Crippen LogP contribution in [0.4, 0.5) is 5.69 Å². The third-order valence-corrected chi connectivity index (χ3v) is 3.15. The van der Waals surface area contributed by atoms with Gasteiger partial charge in [-0.3, -0.25) is 4.79 Å². The Hall–Kier alpha value is -1.03. The minimum absolute atomic E-state index is 0.134. The van der Waals surface area contributed by atoms with E-state index in [1.54, 1.807) is 0 Å². The summed E-state index contributed by atoms with van der Waals surface area (Å²) in [6.07, 6.45) is 0. The highest BCUT2D eigenvalue weighted by molar-refractivity contribution is 9.10. The van der Waals surface area contributed by atoms with Crippen molar-refractivity contribution in [3.05, 3.63) is 28.7 Å². The molecule has 0 spiro atoms. The van der Waals surface area contributed by atoms with Crippen LogP contribution in [0.3, 0.4) is 0 Å². The Morgan fingerprint density at radius 3 is 2.59 bits per heavy atom. The molecule has 1 aromatic carbocycles. The Morgan fingerprint density at radius 1 is 1.41 bits per heavy atom. The van der Waals surface area contributed by atoms with E-state index in [4.69, 9.17) is 0 Å². The molecule has 0 saturated carbocycles. The zero-order valence-electron chi connectivity index (χ0n) is 10.5. The van der Waals surface area contributed by atoms with Crippen molar-refractivity contribution in [1.29, 1.82) is 0 Å². The van der Waals surface area contributed by atoms with Gasteiger partial charge in [0.05, 0.1) is 0 Å². The minimum Gasteiger partial charge on any atom is -0.374 e. The van der Waals surface area contributed by atoms with Crippen LogP contribution < -0.4 is 5.32 Å². The summed E-state index contributed by atoms with van der Waals surface area (Å²) in [6.45, 7) is 7.38. The molecule has 0 aromatic heterocycles. The minimum atomic E-state index is -0.204. The van der Waals surface area contributed by atoms with Gasteiger partial charge in [0.15, 0.2) is 0 Å². The molecule has 1 aromatic rings. The maximum atomic E-state index is 12.0. The number of carbonyl (C=O) groups excluding carboxylic acids is 1. The summed E-state index contributed by atoms with van der Waals surface area (Å²) in [7, 11) is 0. The standard InChI is InChI=1S/C13H19BrN2O/c1-4-16(5-2)13(17)10(3)15-12-8-6-7-11(14)9-12/h6-10,15H,4-5H2,1-3H3. The fourth-order valence-corrected chi connectivity index (χ4v) is 2.10. The van der Waals surface area contributed by atoms with Gasteiger partial charge in [0.1, 0.15) is 6.04 Å². The zero-order chi connectivity index (χ0) is 12.8. The van der Waals surface area contributed by atoms with Crippen molar-refractivity contribution in [2.45, 2.75) is 26.8 Å². The maximum Gasteiger partial charge on any atom is 0.244 e. The molecule has 4 heteroatoms. The first-order valence-electron chi connectivity index (χ1n) is 5.89. The molecule has 1 unspecified atom stereocenters. The molecule has 0 aliphatic heterocycles. The smallest absolute Gasteiger partial charge is 0.244 e. The summed E-state index contributed by atoms with van der Waals surface area (Å²) in [5, 5.41) is 3.21. The van der Waals surface area contributed by atoms with Crippen LogP contribution in [0, 0.1) is 0 Å². The van der Waals surface area contributed by atoms with E-state index >= 15 is 0 Å². The molecule has 94 valence electrons. The van der Waals surface area contributed by atoms with Crippen LogP contribution in [0.25, 0.3) is 0 Å². The van der Waals surface area contributed by atoms with Crippen LogP contribution in [0.2, 0.25) is 0 Å². The predicted molar refractivity (Wildman–Crippen MR) is 75.2 cm³/mol. The molecule has 1 atom stereocenters. The van der Waals surface area contributed by atoms with Gasteiger partial charge in [-0.2, -0.15) is 0 Å². The quantitative estimate of drug-likeness (QED) is 0.906. The van der Waals surface area contributed by atoms with Crippen LogP contribution in [0.1, 0.15) is 20.8 Å². The van der Waals surface area contributed by atoms with Gasteiger partial charge < -0.3 is 10.2 Å². The number of carbonyl (C=O) groups is 1. The number of nitrogens with zero attached hydrogens (tertiary/aromatic N) is 1. The van der Waals surface area contributed by atoms with Crippen molar-refractivity contribution >= 4 is 27.5 Å². The van der Waals surface area contributed by atoms with Gasteiger partial charge in [0.25, 0.3) is 0 Å². The second kappa shape index (κ2) is 6.64. The first-order valence-corrected chi connectivity index (χ1v) is 6.68. The van der Waals surface area contributed by atoms with E-state index < -0.39 is 0 Å². The lowest BCUT2D eigenvalue weighted by atomic mass is 10.2. The number of hydrogen-bond acceptors (Lipinski definition) is 2. The SMILES string of the molecule is CCN(CC)C(=O)C(C)Nc1cccc(Br)c1. The average molecular weight is 299 g/mol. The molecule has 0 fully saturated rings. The molecule has 17 heavy (non-hydrogen) atoms. The molecular weight excluding hydrogens is 280 g/mol. The van der Waals surface area contributed by atoms with Gasteiger partial charge in [0.2, 0.25) is 5.91 Å². The van der Waals surface area contributed by atoms with Crippen molar-refractivity contribution in [3.8, 4) is 0 Å². The molecular formula is C13H19BrN2O. The average Bonchev–Trinajstić information content (AvgIpc) is 2.30. The number of halogens is 1. The Morgan fingerprint density at radius 2 is 2.06 bits per heavy atom. The molecule has 0 saturated heterocycles. The number of likely N-dealkylation sites (N-methyl/N-ethyl adjacent to an activating group) is 1. The summed E-state index contributed by atoms with van der Waals surface area (Å²) in [4.78, 5) is 13.9. The molecule has 0 aliphatic carbocycles. The molecule has 0 radical (unpaired) electrons. The zero-order valence-corrected chi connectivity index (χ0v) is 12.1. The Bertz CT molecular complexity index is 377. The monoisotopic (exact) mass is 298 g/mol. The Kier molecular flexibility index (Phi) is 5.48. The highest BCUT2D eigenvalue weighted by Crippen LogP contribution is 2.16. The van der Waals surface area contributed by atoms with E-state index in [0.717, 1.165) is 23.2 Å². The fraction of sp³-hybridized carbons (Fsp3) is 0.462. The van der Waals surface area contributed by atoms with Gasteiger partial charge in [0, 0.05) is 23.2 Å². The number of anilines is 1. The molecule has 0 aliphatic rings. The van der Waals surface area contributed by atoms with Crippen LogP contribution in [0.5, 0.6) is 0 Å². The van der Waals surface area contributed by atoms with E-state index in [9.17, 15) is 4.79 Å². The summed E-state index contributed by atoms with van der Waals surface area (Å²) in [5.41, 5.74) is 0.951. The summed E-state index contributed by atoms with van der Waals surface area (Å²) in [6, 6.07) is 7.62. The highest BCUT2D eigenvalue weighted by Gasteiger charge is 2.17. The van der Waals surface area contributed by atoms with Crippen molar-refractivity contribution in [1.82, 2.24) is 4.90 Å². The van der Waals surface area contributed by atoms with Gasteiger partial charge >= 0.3 is 0 Å². The van der Waals surface area contributed by atoms with Crippen LogP contribution in [0.15, 0.2) is 28.7 Å². The molecule has 3 nitrogen and oxygen atoms in total. The number of nitrogens with one attached hydrogen (secondary N) is 1. The van der Waals surface area contributed by atoms with Gasteiger partial charge in [-0.05, 0) is 39.0 Å². The highest BCUT2D eigenvalue weighted by atomic mass is 79.9. The molecule has 1 N–H and O–H groups in total. The van der Waals surface area contributed by atoms with Crippen molar-refractivity contribution in [2.24, 2.45) is 0 Å². The maximum absolute atomic E-state index is 12.0.